The predicted molar refractivity (Wildman–Crippen MR) is 230 cm³/mol. The zero-order valence-corrected chi connectivity index (χ0v) is 31.0. The number of imide groups is 1. The average molecular weight is 721 g/mol. The molecule has 9 aromatic rings. The minimum atomic E-state index is -0.349. The van der Waals surface area contributed by atoms with Gasteiger partial charge in [0.2, 0.25) is 0 Å². The Morgan fingerprint density at radius 3 is 1.29 bits per heavy atom. The van der Waals surface area contributed by atoms with Crippen LogP contribution in [0.15, 0.2) is 182 Å². The lowest BCUT2D eigenvalue weighted by molar-refractivity contribution is 0.0926. The molecule has 0 saturated carbocycles. The topological polar surface area (TPSA) is 42.3 Å². The molecule has 0 aliphatic carbocycles. The molecule has 10 rings (SSSR count). The zero-order chi connectivity index (χ0) is 37.9. The van der Waals surface area contributed by atoms with Crippen molar-refractivity contribution in [2.75, 3.05) is 4.90 Å². The predicted octanol–water partition coefficient (Wildman–Crippen LogP) is 12.9. The molecular weight excluding hydrogens is 685 g/mol. The van der Waals surface area contributed by atoms with E-state index in [1.165, 1.54) is 4.90 Å². The van der Waals surface area contributed by atoms with Crippen LogP contribution in [0.4, 0.5) is 5.69 Å². The molecule has 4 heteroatoms. The highest BCUT2D eigenvalue weighted by Crippen LogP contribution is 2.47. The highest BCUT2D eigenvalue weighted by Gasteiger charge is 2.41. The molecule has 0 radical (unpaired) electrons. The van der Waals surface area contributed by atoms with Crippen molar-refractivity contribution in [2.45, 2.75) is 13.8 Å². The lowest BCUT2D eigenvalue weighted by Gasteiger charge is -2.23. The van der Waals surface area contributed by atoms with Gasteiger partial charge >= 0.3 is 0 Å². The molecule has 2 heterocycles. The number of hydrogen-bond donors (Lipinski definition) is 0. The molecular formula is C52H36N2O2. The second kappa shape index (κ2) is 13.2. The maximum atomic E-state index is 15.5. The molecule has 1 aliphatic heterocycles. The molecule has 0 saturated heterocycles. The number of para-hydroxylation sites is 3. The lowest BCUT2D eigenvalue weighted by atomic mass is 9.95. The van der Waals surface area contributed by atoms with Gasteiger partial charge in [0, 0.05) is 33.0 Å². The van der Waals surface area contributed by atoms with Crippen LogP contribution in [-0.4, -0.2) is 16.4 Å². The highest BCUT2D eigenvalue weighted by molar-refractivity contribution is 6.37. The van der Waals surface area contributed by atoms with Gasteiger partial charge in [0.15, 0.2) is 0 Å². The summed E-state index contributed by atoms with van der Waals surface area (Å²) in [5.41, 5.74) is 14.1. The molecule has 2 amide bonds. The first-order valence-corrected chi connectivity index (χ1v) is 19.0. The van der Waals surface area contributed by atoms with E-state index in [4.69, 9.17) is 0 Å². The van der Waals surface area contributed by atoms with Gasteiger partial charge in [0.05, 0.1) is 33.5 Å². The van der Waals surface area contributed by atoms with Gasteiger partial charge in [-0.05, 0) is 59.4 Å². The first kappa shape index (κ1) is 33.3. The van der Waals surface area contributed by atoms with Crippen LogP contribution in [0.25, 0.3) is 72.0 Å². The van der Waals surface area contributed by atoms with Crippen LogP contribution in [0, 0.1) is 13.8 Å². The van der Waals surface area contributed by atoms with Crippen LogP contribution < -0.4 is 4.90 Å². The van der Waals surface area contributed by atoms with Crippen molar-refractivity contribution in [1.29, 1.82) is 0 Å². The van der Waals surface area contributed by atoms with E-state index in [-0.39, 0.29) is 11.8 Å². The number of nitrogens with zero attached hydrogens (tertiary/aromatic N) is 2. The Morgan fingerprint density at radius 1 is 0.357 bits per heavy atom. The summed E-state index contributed by atoms with van der Waals surface area (Å²) in [6.45, 7) is 4.27. The van der Waals surface area contributed by atoms with Gasteiger partial charge in [-0.2, -0.15) is 0 Å². The van der Waals surface area contributed by atoms with Gasteiger partial charge in [0.1, 0.15) is 0 Å². The van der Waals surface area contributed by atoms with Gasteiger partial charge in [-0.3, -0.25) is 9.59 Å². The number of anilines is 1. The maximum absolute atomic E-state index is 15.5. The molecule has 0 fully saturated rings. The summed E-state index contributed by atoms with van der Waals surface area (Å²) in [7, 11) is 0. The Balaban J connectivity index is 1.29. The summed E-state index contributed by atoms with van der Waals surface area (Å²) in [6.07, 6.45) is 0. The number of benzene rings is 8. The summed E-state index contributed by atoms with van der Waals surface area (Å²) in [5, 5.41) is 2.14. The highest BCUT2D eigenvalue weighted by atomic mass is 16.2. The summed E-state index contributed by atoms with van der Waals surface area (Å²) in [4.78, 5) is 31.9. The Labute approximate surface area is 325 Å². The first-order valence-electron chi connectivity index (χ1n) is 19.0. The molecule has 8 aromatic carbocycles. The maximum Gasteiger partial charge on any atom is 0.268 e. The van der Waals surface area contributed by atoms with Crippen LogP contribution in [0.2, 0.25) is 0 Å². The van der Waals surface area contributed by atoms with Gasteiger partial charge in [-0.15, -0.1) is 0 Å². The largest absolute Gasteiger partial charge is 0.307 e. The van der Waals surface area contributed by atoms with Gasteiger partial charge in [0.25, 0.3) is 11.8 Å². The normalized spacial score (nSPS) is 12.5. The van der Waals surface area contributed by atoms with Gasteiger partial charge < -0.3 is 4.57 Å². The van der Waals surface area contributed by atoms with Crippen molar-refractivity contribution in [3.05, 3.63) is 204 Å². The molecule has 0 unspecified atom stereocenters. The van der Waals surface area contributed by atoms with E-state index in [2.05, 4.69) is 103 Å². The number of carbonyl (C=O) groups is 2. The minimum Gasteiger partial charge on any atom is -0.307 e. The number of aromatic nitrogens is 1. The Hall–Kier alpha value is -7.30. The van der Waals surface area contributed by atoms with E-state index in [0.717, 1.165) is 77.4 Å². The van der Waals surface area contributed by atoms with Crippen LogP contribution in [0.1, 0.15) is 31.8 Å². The Kier molecular flexibility index (Phi) is 7.86. The van der Waals surface area contributed by atoms with E-state index in [0.29, 0.717) is 22.5 Å². The van der Waals surface area contributed by atoms with E-state index >= 15 is 4.79 Å². The molecule has 266 valence electrons. The summed E-state index contributed by atoms with van der Waals surface area (Å²) < 4.78 is 2.25. The Morgan fingerprint density at radius 2 is 0.768 bits per heavy atom. The lowest BCUT2D eigenvalue weighted by Crippen LogP contribution is -2.30. The smallest absolute Gasteiger partial charge is 0.268 e. The Bertz CT molecular complexity index is 2870. The first-order chi connectivity index (χ1) is 27.5. The molecule has 0 atom stereocenters. The van der Waals surface area contributed by atoms with Crippen molar-refractivity contribution in [3.8, 4) is 50.2 Å². The summed E-state index contributed by atoms with van der Waals surface area (Å²) in [6, 6.07) is 61.4. The fourth-order valence-electron chi connectivity index (χ4n) is 8.68. The molecule has 0 bridgehead atoms. The van der Waals surface area contributed by atoms with Crippen LogP contribution in [-0.2, 0) is 0 Å². The van der Waals surface area contributed by atoms with Crippen LogP contribution in [0.5, 0.6) is 0 Å². The quantitative estimate of drug-likeness (QED) is 0.161. The molecule has 56 heavy (non-hydrogen) atoms. The van der Waals surface area contributed by atoms with Crippen molar-refractivity contribution < 1.29 is 9.59 Å². The average Bonchev–Trinajstić information content (AvgIpc) is 3.72. The fraction of sp³-hybridized carbons (Fsp3) is 0.0385. The van der Waals surface area contributed by atoms with Crippen molar-refractivity contribution in [1.82, 2.24) is 4.57 Å². The number of aryl methyl sites for hydroxylation is 2. The van der Waals surface area contributed by atoms with Crippen molar-refractivity contribution in [3.63, 3.8) is 0 Å². The van der Waals surface area contributed by atoms with Gasteiger partial charge in [-0.25, -0.2) is 4.90 Å². The second-order valence-corrected chi connectivity index (χ2v) is 14.4. The molecule has 0 spiro atoms. The third-order valence-corrected chi connectivity index (χ3v) is 11.2. The summed E-state index contributed by atoms with van der Waals surface area (Å²) >= 11 is 0. The monoisotopic (exact) mass is 720 g/mol. The van der Waals surface area contributed by atoms with Crippen LogP contribution >= 0.6 is 0 Å². The molecule has 1 aliphatic rings. The van der Waals surface area contributed by atoms with E-state index in [9.17, 15) is 4.79 Å². The minimum absolute atomic E-state index is 0.341. The van der Waals surface area contributed by atoms with Crippen LogP contribution in [0.3, 0.4) is 0 Å². The van der Waals surface area contributed by atoms with E-state index in [1.54, 1.807) is 6.07 Å². The number of amides is 2. The third kappa shape index (κ3) is 5.07. The van der Waals surface area contributed by atoms with Gasteiger partial charge in [-0.1, -0.05) is 170 Å². The second-order valence-electron chi connectivity index (χ2n) is 14.4. The molecule has 4 nitrogen and oxygen atoms in total. The van der Waals surface area contributed by atoms with Crippen molar-refractivity contribution >= 4 is 39.3 Å². The molecule has 1 aromatic heterocycles. The fourth-order valence-corrected chi connectivity index (χ4v) is 8.68. The number of fused-ring (bicyclic) bond motifs is 4. The SMILES string of the molecule is Cc1ccccc1-c1cccc2c3cccc(-c4ccccc4C)c3n(-c3cccc4c3C(=O)N(c3c(-c5ccccc5)cccc3-c3ccccc3)C4=O)c12. The number of rotatable bonds is 6. The third-order valence-electron chi connectivity index (χ3n) is 11.2. The summed E-state index contributed by atoms with van der Waals surface area (Å²) in [5.74, 6) is -0.690. The molecule has 0 N–H and O–H groups in total. The standard InChI is InChI=1S/C52H36N2O2/c1-33-17-9-11-23-37(33)41-27-14-29-43-44-30-15-28-42(38-24-12-10-18-34(38)2)50(44)53(49(41)43)46-32-16-31-45-47(46)52(56)54(51(45)55)48-39(35-19-5-3-6-20-35)25-13-26-40(48)36-21-7-4-8-22-36/h3-32H,1-2H3. The van der Waals surface area contributed by atoms with Crippen molar-refractivity contribution in [2.24, 2.45) is 0 Å². The number of carbonyl (C=O) groups excluding carboxylic acids is 2. The van der Waals surface area contributed by atoms with E-state index < -0.39 is 0 Å². The number of hydrogen-bond acceptors (Lipinski definition) is 2. The zero-order valence-electron chi connectivity index (χ0n) is 31.0. The van der Waals surface area contributed by atoms with E-state index in [1.807, 2.05) is 91.0 Å².